The third-order valence-electron chi connectivity index (χ3n) is 10.8. The van der Waals surface area contributed by atoms with Gasteiger partial charge in [-0.05, 0) is 77.2 Å². The second-order valence-corrected chi connectivity index (χ2v) is 14.6. The van der Waals surface area contributed by atoms with Crippen LogP contribution in [0.5, 0.6) is 0 Å². The average Bonchev–Trinajstić information content (AvgIpc) is 3.88. The number of fused-ring (bicyclic) bond motifs is 7. The van der Waals surface area contributed by atoms with Crippen LogP contribution in [0.1, 0.15) is 39.6 Å². The molecule has 252 valence electrons. The van der Waals surface area contributed by atoms with Gasteiger partial charge in [0.1, 0.15) is 11.2 Å². The minimum atomic E-state index is -0.610. The topological polar surface area (TPSA) is 16.4 Å². The van der Waals surface area contributed by atoms with E-state index in [0.29, 0.717) is 0 Å². The summed E-state index contributed by atoms with van der Waals surface area (Å²) in [5.41, 5.74) is 12.9. The summed E-state index contributed by atoms with van der Waals surface area (Å²) in [6, 6.07) is 59.2. The van der Waals surface area contributed by atoms with Gasteiger partial charge in [0, 0.05) is 37.2 Å². The number of nitrogens with zero attached hydrogens (tertiary/aromatic N) is 1. The molecule has 10 rings (SSSR count). The van der Waals surface area contributed by atoms with Crippen molar-refractivity contribution in [2.75, 3.05) is 4.90 Å². The fraction of sp³-hybridized carbons (Fsp3) is 0.0400. The van der Waals surface area contributed by atoms with Crippen molar-refractivity contribution < 1.29 is 4.42 Å². The SMILES string of the molecule is C=Cc1c(/C=C\C)sc2cccc(N(c3ccccc3)c3ccc(C4(c5ccccc5)c5ccccc5-c5ccccc54)c4oc5ccccc5c34)c12. The van der Waals surface area contributed by atoms with Crippen molar-refractivity contribution in [2.24, 2.45) is 0 Å². The maximum Gasteiger partial charge on any atom is 0.142 e. The highest BCUT2D eigenvalue weighted by Crippen LogP contribution is 2.59. The zero-order valence-corrected chi connectivity index (χ0v) is 30.1. The van der Waals surface area contributed by atoms with Crippen LogP contribution in [0.15, 0.2) is 181 Å². The van der Waals surface area contributed by atoms with E-state index in [2.05, 4.69) is 194 Å². The average molecular weight is 698 g/mol. The Labute approximate surface area is 313 Å². The van der Waals surface area contributed by atoms with Crippen molar-refractivity contribution in [1.82, 2.24) is 0 Å². The van der Waals surface area contributed by atoms with Crippen LogP contribution >= 0.6 is 11.3 Å². The lowest BCUT2D eigenvalue weighted by Crippen LogP contribution is -2.29. The summed E-state index contributed by atoms with van der Waals surface area (Å²) in [6.07, 6.45) is 6.30. The van der Waals surface area contributed by atoms with Gasteiger partial charge in [0.2, 0.25) is 0 Å². The first-order valence-corrected chi connectivity index (χ1v) is 18.9. The van der Waals surface area contributed by atoms with E-state index in [4.69, 9.17) is 4.42 Å². The Hall–Kier alpha value is -6.42. The van der Waals surface area contributed by atoms with Crippen molar-refractivity contribution in [3.63, 3.8) is 0 Å². The van der Waals surface area contributed by atoms with Gasteiger partial charge in [-0.1, -0.05) is 146 Å². The number of thiophene rings is 1. The molecule has 0 spiro atoms. The molecule has 1 aliphatic rings. The Morgan fingerprint density at radius 1 is 0.604 bits per heavy atom. The van der Waals surface area contributed by atoms with Crippen LogP contribution in [-0.2, 0) is 5.41 Å². The van der Waals surface area contributed by atoms with Gasteiger partial charge >= 0.3 is 0 Å². The minimum absolute atomic E-state index is 0.610. The number of furan rings is 1. The summed E-state index contributed by atoms with van der Waals surface area (Å²) in [5.74, 6) is 0. The van der Waals surface area contributed by atoms with E-state index in [-0.39, 0.29) is 0 Å². The second-order valence-electron chi connectivity index (χ2n) is 13.5. The fourth-order valence-electron chi connectivity index (χ4n) is 8.79. The number of hydrogen-bond donors (Lipinski definition) is 0. The molecule has 0 atom stereocenters. The molecule has 0 bridgehead atoms. The van der Waals surface area contributed by atoms with Crippen molar-refractivity contribution >= 4 is 72.6 Å². The monoisotopic (exact) mass is 697 g/mol. The number of para-hydroxylation sites is 2. The highest BCUT2D eigenvalue weighted by molar-refractivity contribution is 7.20. The van der Waals surface area contributed by atoms with E-state index in [0.717, 1.165) is 50.1 Å². The number of benzene rings is 7. The van der Waals surface area contributed by atoms with Crippen LogP contribution < -0.4 is 4.90 Å². The molecular formula is C50H35NOS. The third kappa shape index (κ3) is 4.51. The molecule has 0 amide bonds. The number of hydrogen-bond acceptors (Lipinski definition) is 3. The van der Waals surface area contributed by atoms with Crippen LogP contribution in [0.4, 0.5) is 17.1 Å². The van der Waals surface area contributed by atoms with Crippen molar-refractivity contribution in [3.05, 3.63) is 209 Å². The van der Waals surface area contributed by atoms with Gasteiger partial charge < -0.3 is 9.32 Å². The fourth-order valence-corrected chi connectivity index (χ4v) is 9.99. The molecule has 9 aromatic rings. The molecular weight excluding hydrogens is 663 g/mol. The maximum atomic E-state index is 7.15. The quantitative estimate of drug-likeness (QED) is 0.165. The van der Waals surface area contributed by atoms with Crippen molar-refractivity contribution in [2.45, 2.75) is 12.3 Å². The Morgan fingerprint density at radius 2 is 1.25 bits per heavy atom. The van der Waals surface area contributed by atoms with Gasteiger partial charge in [-0.15, -0.1) is 11.3 Å². The van der Waals surface area contributed by atoms with E-state index in [9.17, 15) is 0 Å². The number of rotatable bonds is 7. The minimum Gasteiger partial charge on any atom is -0.456 e. The van der Waals surface area contributed by atoms with Crippen LogP contribution in [0, 0.1) is 0 Å². The van der Waals surface area contributed by atoms with E-state index < -0.39 is 5.41 Å². The third-order valence-corrected chi connectivity index (χ3v) is 12.0. The normalized spacial score (nSPS) is 13.2. The van der Waals surface area contributed by atoms with Gasteiger partial charge in [0.15, 0.2) is 0 Å². The first kappa shape index (κ1) is 31.3. The van der Waals surface area contributed by atoms with E-state index >= 15 is 0 Å². The second kappa shape index (κ2) is 12.4. The summed E-state index contributed by atoms with van der Waals surface area (Å²) in [5, 5.41) is 3.35. The van der Waals surface area contributed by atoms with Gasteiger partial charge in [0.25, 0.3) is 0 Å². The van der Waals surface area contributed by atoms with E-state index in [1.165, 1.54) is 42.8 Å². The first-order valence-electron chi connectivity index (χ1n) is 18.1. The van der Waals surface area contributed by atoms with Gasteiger partial charge in [0.05, 0.1) is 22.2 Å². The molecule has 0 fully saturated rings. The molecule has 2 aromatic heterocycles. The number of allylic oxidation sites excluding steroid dienone is 1. The molecule has 0 unspecified atom stereocenters. The largest absolute Gasteiger partial charge is 0.456 e. The summed E-state index contributed by atoms with van der Waals surface area (Å²) >= 11 is 1.80. The lowest BCUT2D eigenvalue weighted by Gasteiger charge is -2.34. The molecule has 0 aliphatic heterocycles. The predicted molar refractivity (Wildman–Crippen MR) is 226 cm³/mol. The van der Waals surface area contributed by atoms with Gasteiger partial charge in [-0.3, -0.25) is 0 Å². The highest BCUT2D eigenvalue weighted by Gasteiger charge is 2.48. The highest BCUT2D eigenvalue weighted by atomic mass is 32.1. The van der Waals surface area contributed by atoms with Crippen molar-refractivity contribution in [3.8, 4) is 11.1 Å². The number of anilines is 3. The van der Waals surface area contributed by atoms with E-state index in [1.807, 2.05) is 6.08 Å². The molecule has 0 saturated heterocycles. The Bertz CT molecular complexity index is 2830. The summed E-state index contributed by atoms with van der Waals surface area (Å²) in [6.45, 7) is 6.36. The summed E-state index contributed by atoms with van der Waals surface area (Å²) < 4.78 is 8.37. The standard InChI is InChI=1S/C50H35NOS/c1-3-18-45-35(4-2)47-42(28-17-30-46(47)53-45)51(34-21-9-6-10-22-34)43-32-31-41(49-48(43)38-25-13-16-29-44(38)52-49)50(33-19-7-5-8-20-33)39-26-14-11-23-36(39)37-24-12-15-27-40(37)50/h3-32H,2H2,1H3/b18-3-. The Morgan fingerprint density at radius 3 is 1.96 bits per heavy atom. The lowest BCUT2D eigenvalue weighted by atomic mass is 9.67. The lowest BCUT2D eigenvalue weighted by molar-refractivity contribution is 0.648. The summed E-state index contributed by atoms with van der Waals surface area (Å²) in [7, 11) is 0. The van der Waals surface area contributed by atoms with Crippen LogP contribution in [0.25, 0.3) is 55.3 Å². The molecule has 53 heavy (non-hydrogen) atoms. The maximum absolute atomic E-state index is 7.15. The van der Waals surface area contributed by atoms with Crippen LogP contribution in [0.2, 0.25) is 0 Å². The summed E-state index contributed by atoms with van der Waals surface area (Å²) in [4.78, 5) is 3.62. The molecule has 0 N–H and O–H groups in total. The smallest absolute Gasteiger partial charge is 0.142 e. The Kier molecular flexibility index (Phi) is 7.31. The molecule has 0 saturated carbocycles. The van der Waals surface area contributed by atoms with Crippen LogP contribution in [-0.4, -0.2) is 0 Å². The van der Waals surface area contributed by atoms with Gasteiger partial charge in [-0.25, -0.2) is 0 Å². The molecule has 2 nitrogen and oxygen atoms in total. The van der Waals surface area contributed by atoms with Gasteiger partial charge in [-0.2, -0.15) is 0 Å². The zero-order valence-electron chi connectivity index (χ0n) is 29.3. The molecule has 0 radical (unpaired) electrons. The molecule has 3 heteroatoms. The van der Waals surface area contributed by atoms with Crippen molar-refractivity contribution in [1.29, 1.82) is 0 Å². The molecule has 7 aromatic carbocycles. The molecule has 1 aliphatic carbocycles. The predicted octanol–water partition coefficient (Wildman–Crippen LogP) is 14.3. The first-order chi connectivity index (χ1) is 26.2. The van der Waals surface area contributed by atoms with Crippen LogP contribution in [0.3, 0.4) is 0 Å². The zero-order chi connectivity index (χ0) is 35.5. The molecule has 2 heterocycles. The Balaban J connectivity index is 1.36. The van der Waals surface area contributed by atoms with E-state index in [1.54, 1.807) is 11.3 Å².